The summed E-state index contributed by atoms with van der Waals surface area (Å²) in [6.07, 6.45) is 0.104. The van der Waals surface area contributed by atoms with Gasteiger partial charge in [-0.1, -0.05) is 45.7 Å². The first-order valence-corrected chi connectivity index (χ1v) is 8.16. The zero-order chi connectivity index (χ0) is 16.7. The van der Waals surface area contributed by atoms with Crippen LogP contribution in [0, 0.1) is 0 Å². The Kier molecular flexibility index (Phi) is 6.62. The van der Waals surface area contributed by atoms with Crippen LogP contribution in [0.3, 0.4) is 0 Å². The molecule has 0 radical (unpaired) electrons. The fourth-order valence-electron chi connectivity index (χ4n) is 1.83. The van der Waals surface area contributed by atoms with E-state index in [2.05, 4.69) is 21.2 Å². The maximum atomic E-state index is 11.9. The van der Waals surface area contributed by atoms with Crippen LogP contribution in [-0.4, -0.2) is 18.4 Å². The quantitative estimate of drug-likeness (QED) is 0.752. The molecule has 120 valence electrons. The molecule has 4 nitrogen and oxygen atoms in total. The van der Waals surface area contributed by atoms with Crippen LogP contribution in [0.5, 0.6) is 0 Å². The average molecular weight is 397 g/mol. The molecule has 0 fully saturated rings. The number of carbonyl (C=O) groups is 2. The standard InChI is InChI=1S/C17H15BrClNO3/c18-14-7-5-12(6-8-14)17(22)20-10-9-16(21)23-11-13-3-1-2-4-15(13)19/h1-8H,9-11H2,(H,20,22). The third kappa shape index (κ3) is 5.69. The van der Waals surface area contributed by atoms with Gasteiger partial charge in [0.1, 0.15) is 6.61 Å². The normalized spacial score (nSPS) is 10.2. The fraction of sp³-hybridized carbons (Fsp3) is 0.176. The van der Waals surface area contributed by atoms with Crippen LogP contribution in [0.2, 0.25) is 5.02 Å². The second kappa shape index (κ2) is 8.70. The molecule has 0 saturated heterocycles. The minimum atomic E-state index is -0.388. The number of carbonyl (C=O) groups excluding carboxylic acids is 2. The van der Waals surface area contributed by atoms with Crippen molar-refractivity contribution in [2.75, 3.05) is 6.54 Å². The average Bonchev–Trinajstić information content (AvgIpc) is 2.54. The Morgan fingerprint density at radius 3 is 2.48 bits per heavy atom. The highest BCUT2D eigenvalue weighted by atomic mass is 79.9. The minimum absolute atomic E-state index is 0.104. The molecule has 23 heavy (non-hydrogen) atoms. The molecular formula is C17H15BrClNO3. The van der Waals surface area contributed by atoms with E-state index in [1.807, 2.05) is 12.1 Å². The van der Waals surface area contributed by atoms with Crippen molar-refractivity contribution in [2.24, 2.45) is 0 Å². The van der Waals surface area contributed by atoms with Gasteiger partial charge in [0.2, 0.25) is 0 Å². The molecule has 0 atom stereocenters. The lowest BCUT2D eigenvalue weighted by Crippen LogP contribution is -2.26. The molecule has 0 saturated carbocycles. The lowest BCUT2D eigenvalue weighted by molar-refractivity contribution is -0.144. The number of esters is 1. The Morgan fingerprint density at radius 1 is 1.09 bits per heavy atom. The van der Waals surface area contributed by atoms with E-state index in [0.717, 1.165) is 10.0 Å². The van der Waals surface area contributed by atoms with Gasteiger partial charge in [0.25, 0.3) is 5.91 Å². The van der Waals surface area contributed by atoms with Gasteiger partial charge in [-0.05, 0) is 30.3 Å². The van der Waals surface area contributed by atoms with Crippen molar-refractivity contribution in [3.8, 4) is 0 Å². The molecule has 0 unspecified atom stereocenters. The van der Waals surface area contributed by atoms with E-state index in [1.54, 1.807) is 36.4 Å². The Morgan fingerprint density at radius 2 is 1.78 bits per heavy atom. The summed E-state index contributed by atoms with van der Waals surface area (Å²) in [7, 11) is 0. The van der Waals surface area contributed by atoms with Crippen molar-refractivity contribution in [3.05, 3.63) is 69.2 Å². The van der Waals surface area contributed by atoms with Gasteiger partial charge in [0, 0.05) is 27.2 Å². The van der Waals surface area contributed by atoms with Gasteiger partial charge in [-0.15, -0.1) is 0 Å². The van der Waals surface area contributed by atoms with Crippen LogP contribution in [0.15, 0.2) is 53.0 Å². The van der Waals surface area contributed by atoms with E-state index < -0.39 is 0 Å². The molecule has 0 spiro atoms. The number of hydrogen-bond donors (Lipinski definition) is 1. The van der Waals surface area contributed by atoms with E-state index >= 15 is 0 Å². The first-order chi connectivity index (χ1) is 11.1. The molecule has 0 aliphatic rings. The summed E-state index contributed by atoms with van der Waals surface area (Å²) in [5.74, 6) is -0.613. The largest absolute Gasteiger partial charge is 0.461 e. The third-order valence-electron chi connectivity index (χ3n) is 3.07. The molecule has 2 rings (SSSR count). The van der Waals surface area contributed by atoms with Gasteiger partial charge in [-0.3, -0.25) is 9.59 Å². The molecule has 0 aliphatic heterocycles. The monoisotopic (exact) mass is 395 g/mol. The first-order valence-electron chi connectivity index (χ1n) is 6.99. The molecule has 0 heterocycles. The zero-order valence-corrected chi connectivity index (χ0v) is 14.6. The van der Waals surface area contributed by atoms with E-state index in [0.29, 0.717) is 10.6 Å². The predicted molar refractivity (Wildman–Crippen MR) is 92.3 cm³/mol. The van der Waals surface area contributed by atoms with Crippen LogP contribution < -0.4 is 5.32 Å². The number of rotatable bonds is 6. The maximum absolute atomic E-state index is 11.9. The van der Waals surface area contributed by atoms with Gasteiger partial charge in [-0.25, -0.2) is 0 Å². The topological polar surface area (TPSA) is 55.4 Å². The highest BCUT2D eigenvalue weighted by Crippen LogP contribution is 2.15. The van der Waals surface area contributed by atoms with E-state index in [4.69, 9.17) is 16.3 Å². The van der Waals surface area contributed by atoms with Crippen molar-refractivity contribution >= 4 is 39.4 Å². The highest BCUT2D eigenvalue weighted by Gasteiger charge is 2.08. The van der Waals surface area contributed by atoms with Gasteiger partial charge < -0.3 is 10.1 Å². The van der Waals surface area contributed by atoms with E-state index in [-0.39, 0.29) is 31.4 Å². The third-order valence-corrected chi connectivity index (χ3v) is 3.96. The SMILES string of the molecule is O=C(CCNC(=O)c1ccc(Br)cc1)OCc1ccccc1Cl. The minimum Gasteiger partial charge on any atom is -0.461 e. The lowest BCUT2D eigenvalue weighted by atomic mass is 10.2. The number of nitrogens with one attached hydrogen (secondary N) is 1. The molecular weight excluding hydrogens is 382 g/mol. The summed E-state index contributed by atoms with van der Waals surface area (Å²) in [4.78, 5) is 23.5. The number of amides is 1. The highest BCUT2D eigenvalue weighted by molar-refractivity contribution is 9.10. The van der Waals surface area contributed by atoms with Crippen LogP contribution in [0.25, 0.3) is 0 Å². The number of benzene rings is 2. The Hall–Kier alpha value is -1.85. The van der Waals surface area contributed by atoms with Crippen molar-refractivity contribution in [1.29, 1.82) is 0 Å². The molecule has 2 aromatic rings. The van der Waals surface area contributed by atoms with E-state index in [1.165, 1.54) is 0 Å². The second-order valence-electron chi connectivity index (χ2n) is 4.76. The zero-order valence-electron chi connectivity index (χ0n) is 12.2. The number of hydrogen-bond acceptors (Lipinski definition) is 3. The van der Waals surface area contributed by atoms with Crippen LogP contribution in [0.4, 0.5) is 0 Å². The van der Waals surface area contributed by atoms with Gasteiger partial charge in [0.05, 0.1) is 6.42 Å². The summed E-state index contributed by atoms with van der Waals surface area (Å²) >= 11 is 9.29. The summed E-state index contributed by atoms with van der Waals surface area (Å²) in [5.41, 5.74) is 1.29. The molecule has 1 N–H and O–H groups in total. The van der Waals surface area contributed by atoms with Crippen LogP contribution >= 0.6 is 27.5 Å². The summed E-state index contributed by atoms with van der Waals surface area (Å²) in [6.45, 7) is 0.343. The van der Waals surface area contributed by atoms with Gasteiger partial charge in [-0.2, -0.15) is 0 Å². The lowest BCUT2D eigenvalue weighted by Gasteiger charge is -2.07. The molecule has 2 aromatic carbocycles. The van der Waals surface area contributed by atoms with Crippen molar-refractivity contribution < 1.29 is 14.3 Å². The Labute approximate surface area is 147 Å². The number of halogens is 2. The molecule has 0 bridgehead atoms. The summed E-state index contributed by atoms with van der Waals surface area (Å²) < 4.78 is 6.03. The van der Waals surface area contributed by atoms with Crippen molar-refractivity contribution in [2.45, 2.75) is 13.0 Å². The maximum Gasteiger partial charge on any atom is 0.307 e. The van der Waals surface area contributed by atoms with Crippen LogP contribution in [-0.2, 0) is 16.1 Å². The van der Waals surface area contributed by atoms with E-state index in [9.17, 15) is 9.59 Å². The summed E-state index contributed by atoms with van der Waals surface area (Å²) in [6, 6.07) is 14.1. The first kappa shape index (κ1) is 17.5. The Balaban J connectivity index is 1.71. The fourth-order valence-corrected chi connectivity index (χ4v) is 2.28. The van der Waals surface area contributed by atoms with Crippen LogP contribution in [0.1, 0.15) is 22.3 Å². The predicted octanol–water partition coefficient (Wildman–Crippen LogP) is 3.97. The molecule has 1 amide bonds. The van der Waals surface area contributed by atoms with Gasteiger partial charge >= 0.3 is 5.97 Å². The molecule has 6 heteroatoms. The second-order valence-corrected chi connectivity index (χ2v) is 6.09. The van der Waals surface area contributed by atoms with Crippen molar-refractivity contribution in [1.82, 2.24) is 5.32 Å². The smallest absolute Gasteiger partial charge is 0.307 e. The molecule has 0 aromatic heterocycles. The summed E-state index contributed by atoms with van der Waals surface area (Å²) in [5, 5.41) is 3.24. The Bertz CT molecular complexity index is 688. The number of ether oxygens (including phenoxy) is 1. The molecule has 0 aliphatic carbocycles. The van der Waals surface area contributed by atoms with Crippen molar-refractivity contribution in [3.63, 3.8) is 0 Å². The van der Waals surface area contributed by atoms with Gasteiger partial charge in [0.15, 0.2) is 0 Å².